The van der Waals surface area contributed by atoms with Gasteiger partial charge in [-0.1, -0.05) is 6.92 Å². The number of aliphatic carboxylic acids is 1. The molecule has 0 aliphatic rings. The summed E-state index contributed by atoms with van der Waals surface area (Å²) in [6.07, 6.45) is -0.628. The van der Waals surface area contributed by atoms with Gasteiger partial charge in [0.15, 0.2) is 0 Å². The number of hydrogen-bond donors (Lipinski definition) is 3. The van der Waals surface area contributed by atoms with Crippen molar-refractivity contribution < 1.29 is 19.4 Å². The van der Waals surface area contributed by atoms with E-state index in [0.29, 0.717) is 0 Å². The maximum absolute atomic E-state index is 11.2. The lowest BCUT2D eigenvalue weighted by molar-refractivity contribution is -0.142. The lowest BCUT2D eigenvalue weighted by Gasteiger charge is -2.22. The van der Waals surface area contributed by atoms with Gasteiger partial charge in [0.05, 0.1) is 5.92 Å². The van der Waals surface area contributed by atoms with E-state index in [9.17, 15) is 9.59 Å². The van der Waals surface area contributed by atoms with E-state index in [2.05, 4.69) is 10.9 Å². The van der Waals surface area contributed by atoms with Crippen LogP contribution in [0.4, 0.5) is 4.79 Å². The van der Waals surface area contributed by atoms with E-state index in [-0.39, 0.29) is 6.04 Å². The minimum absolute atomic E-state index is 0.384. The van der Waals surface area contributed by atoms with Gasteiger partial charge in [0, 0.05) is 6.04 Å². The standard InChI is InChI=1S/C10H20N2O4/c1-6(8(13)14)7(2)11-12-9(15)16-10(3,4)5/h6-7,11H,1-5H3,(H,12,15)(H,13,14). The number of carbonyl (C=O) groups excluding carboxylic acids is 1. The summed E-state index contributed by atoms with van der Waals surface area (Å²) < 4.78 is 4.97. The normalized spacial score (nSPS) is 15.1. The molecule has 6 heteroatoms. The Kier molecular flexibility index (Phi) is 5.23. The third-order valence-electron chi connectivity index (χ3n) is 1.94. The van der Waals surface area contributed by atoms with Crippen molar-refractivity contribution in [1.29, 1.82) is 0 Å². The van der Waals surface area contributed by atoms with Crippen LogP contribution < -0.4 is 10.9 Å². The molecule has 1 amide bonds. The second-order valence-electron chi connectivity index (χ2n) is 4.69. The predicted molar refractivity (Wildman–Crippen MR) is 58.8 cm³/mol. The Morgan fingerprint density at radius 3 is 2.12 bits per heavy atom. The molecule has 0 bridgehead atoms. The molecule has 0 aromatic heterocycles. The number of hydrogen-bond acceptors (Lipinski definition) is 4. The van der Waals surface area contributed by atoms with Crippen LogP contribution in [-0.4, -0.2) is 28.8 Å². The van der Waals surface area contributed by atoms with Crippen LogP contribution in [0.15, 0.2) is 0 Å². The lowest BCUT2D eigenvalue weighted by atomic mass is 10.1. The zero-order valence-electron chi connectivity index (χ0n) is 10.3. The number of carboxylic acids is 1. The zero-order valence-corrected chi connectivity index (χ0v) is 10.3. The smallest absolute Gasteiger partial charge is 0.422 e. The first-order valence-electron chi connectivity index (χ1n) is 5.11. The van der Waals surface area contributed by atoms with Gasteiger partial charge in [0.2, 0.25) is 0 Å². The highest BCUT2D eigenvalue weighted by atomic mass is 16.6. The molecule has 0 radical (unpaired) electrons. The van der Waals surface area contributed by atoms with Crippen LogP contribution >= 0.6 is 0 Å². The van der Waals surface area contributed by atoms with Crippen molar-refractivity contribution in [2.45, 2.75) is 46.3 Å². The average molecular weight is 232 g/mol. The number of nitrogens with one attached hydrogen (secondary N) is 2. The van der Waals surface area contributed by atoms with E-state index in [4.69, 9.17) is 9.84 Å². The van der Waals surface area contributed by atoms with E-state index >= 15 is 0 Å². The van der Waals surface area contributed by atoms with Gasteiger partial charge >= 0.3 is 12.1 Å². The molecular formula is C10H20N2O4. The minimum Gasteiger partial charge on any atom is -0.481 e. The van der Waals surface area contributed by atoms with E-state index in [1.807, 2.05) is 0 Å². The monoisotopic (exact) mass is 232 g/mol. The van der Waals surface area contributed by atoms with Gasteiger partial charge in [0.25, 0.3) is 0 Å². The number of hydrazine groups is 1. The Morgan fingerprint density at radius 2 is 1.75 bits per heavy atom. The van der Waals surface area contributed by atoms with Gasteiger partial charge in [-0.3, -0.25) is 10.2 Å². The molecule has 2 unspecified atom stereocenters. The Balaban J connectivity index is 3.97. The molecule has 16 heavy (non-hydrogen) atoms. The summed E-state index contributed by atoms with van der Waals surface area (Å²) in [6.45, 7) is 8.45. The van der Waals surface area contributed by atoms with Crippen molar-refractivity contribution in [3.05, 3.63) is 0 Å². The molecule has 0 aromatic carbocycles. The Bertz CT molecular complexity index is 260. The lowest BCUT2D eigenvalue weighted by Crippen LogP contribution is -2.48. The molecule has 0 fully saturated rings. The Labute approximate surface area is 95.3 Å². The van der Waals surface area contributed by atoms with Crippen molar-refractivity contribution >= 4 is 12.1 Å². The molecule has 0 spiro atoms. The highest BCUT2D eigenvalue weighted by Crippen LogP contribution is 2.06. The van der Waals surface area contributed by atoms with Crippen LogP contribution in [0.2, 0.25) is 0 Å². The highest BCUT2D eigenvalue weighted by Gasteiger charge is 2.21. The van der Waals surface area contributed by atoms with E-state index in [1.165, 1.54) is 0 Å². The van der Waals surface area contributed by atoms with Crippen LogP contribution in [0.1, 0.15) is 34.6 Å². The largest absolute Gasteiger partial charge is 0.481 e. The van der Waals surface area contributed by atoms with Crippen LogP contribution in [0.25, 0.3) is 0 Å². The Morgan fingerprint density at radius 1 is 1.25 bits per heavy atom. The number of ether oxygens (including phenoxy) is 1. The minimum atomic E-state index is -0.925. The van der Waals surface area contributed by atoms with Gasteiger partial charge in [-0.2, -0.15) is 0 Å². The molecular weight excluding hydrogens is 212 g/mol. The summed E-state index contributed by atoms with van der Waals surface area (Å²) in [5.41, 5.74) is 4.30. The average Bonchev–Trinajstić information content (AvgIpc) is 2.09. The third kappa shape index (κ3) is 6.23. The fourth-order valence-corrected chi connectivity index (χ4v) is 0.815. The summed E-state index contributed by atoms with van der Waals surface area (Å²) >= 11 is 0. The fraction of sp³-hybridized carbons (Fsp3) is 0.800. The van der Waals surface area contributed by atoms with Gasteiger partial charge < -0.3 is 9.84 Å². The number of rotatable bonds is 4. The summed E-state index contributed by atoms with van der Waals surface area (Å²) in [5.74, 6) is -1.53. The van der Waals surface area contributed by atoms with Crippen molar-refractivity contribution in [3.63, 3.8) is 0 Å². The van der Waals surface area contributed by atoms with Crippen molar-refractivity contribution in [2.24, 2.45) is 5.92 Å². The predicted octanol–water partition coefficient (Wildman–Crippen LogP) is 1.12. The topological polar surface area (TPSA) is 87.7 Å². The van der Waals surface area contributed by atoms with Gasteiger partial charge in [0.1, 0.15) is 5.60 Å². The van der Waals surface area contributed by atoms with Crippen LogP contribution in [0.5, 0.6) is 0 Å². The van der Waals surface area contributed by atoms with Crippen LogP contribution in [0, 0.1) is 5.92 Å². The first kappa shape index (κ1) is 14.7. The number of carbonyl (C=O) groups is 2. The molecule has 0 heterocycles. The van der Waals surface area contributed by atoms with Gasteiger partial charge in [-0.15, -0.1) is 0 Å². The first-order valence-corrected chi connectivity index (χ1v) is 5.11. The SMILES string of the molecule is CC(NNC(=O)OC(C)(C)C)C(C)C(=O)O. The van der Waals surface area contributed by atoms with Crippen LogP contribution in [-0.2, 0) is 9.53 Å². The maximum Gasteiger partial charge on any atom is 0.422 e. The summed E-state index contributed by atoms with van der Waals surface area (Å²) in [7, 11) is 0. The molecule has 0 aromatic rings. The molecule has 0 aliphatic heterocycles. The van der Waals surface area contributed by atoms with Gasteiger partial charge in [-0.25, -0.2) is 10.2 Å². The third-order valence-corrected chi connectivity index (χ3v) is 1.94. The molecule has 0 aliphatic carbocycles. The quantitative estimate of drug-likeness (QED) is 0.632. The van der Waals surface area contributed by atoms with E-state index < -0.39 is 23.6 Å². The van der Waals surface area contributed by atoms with Crippen molar-refractivity contribution in [2.75, 3.05) is 0 Å². The van der Waals surface area contributed by atoms with Crippen molar-refractivity contribution in [3.8, 4) is 0 Å². The molecule has 0 rings (SSSR count). The van der Waals surface area contributed by atoms with Crippen LogP contribution in [0.3, 0.4) is 0 Å². The molecule has 2 atom stereocenters. The van der Waals surface area contributed by atoms with E-state index in [1.54, 1.807) is 34.6 Å². The summed E-state index contributed by atoms with van der Waals surface area (Å²) in [4.78, 5) is 21.8. The first-order chi connectivity index (χ1) is 7.13. The van der Waals surface area contributed by atoms with Gasteiger partial charge in [-0.05, 0) is 27.7 Å². The second-order valence-corrected chi connectivity index (χ2v) is 4.69. The summed E-state index contributed by atoms with van der Waals surface area (Å²) in [5, 5.41) is 8.72. The second kappa shape index (κ2) is 5.69. The molecule has 0 saturated carbocycles. The van der Waals surface area contributed by atoms with E-state index in [0.717, 1.165) is 0 Å². The molecule has 94 valence electrons. The maximum atomic E-state index is 11.2. The molecule has 0 saturated heterocycles. The zero-order chi connectivity index (χ0) is 12.9. The van der Waals surface area contributed by atoms with Crippen molar-refractivity contribution in [1.82, 2.24) is 10.9 Å². The summed E-state index contributed by atoms with van der Waals surface area (Å²) in [6, 6.07) is -0.384. The number of amides is 1. The fourth-order valence-electron chi connectivity index (χ4n) is 0.815. The number of carboxylic acid groups (broad SMARTS) is 1. The molecule has 6 nitrogen and oxygen atoms in total. The Hall–Kier alpha value is -1.30. The highest BCUT2D eigenvalue weighted by molar-refractivity contribution is 5.70. The molecule has 3 N–H and O–H groups in total.